The van der Waals surface area contributed by atoms with Gasteiger partial charge in [-0.2, -0.15) is 0 Å². The van der Waals surface area contributed by atoms with Gasteiger partial charge < -0.3 is 4.57 Å². The van der Waals surface area contributed by atoms with Gasteiger partial charge in [0.15, 0.2) is 0 Å². The van der Waals surface area contributed by atoms with E-state index in [9.17, 15) is 0 Å². The molecule has 0 unspecified atom stereocenters. The number of hydrogen-bond acceptors (Lipinski definition) is 1. The van der Waals surface area contributed by atoms with Gasteiger partial charge in [-0.15, -0.1) is 0 Å². The molecule has 0 saturated heterocycles. The Hall–Kier alpha value is -2.13. The lowest BCUT2D eigenvalue weighted by Crippen LogP contribution is -2.63. The minimum absolute atomic E-state index is 0.597. The van der Waals surface area contributed by atoms with Crippen LogP contribution in [0.1, 0.15) is 13.8 Å². The quantitative estimate of drug-likeness (QED) is 0.662. The summed E-state index contributed by atoms with van der Waals surface area (Å²) in [5, 5.41) is 2.98. The van der Waals surface area contributed by atoms with E-state index in [1.807, 2.05) is 12.5 Å². The van der Waals surface area contributed by atoms with E-state index < -0.39 is 8.07 Å². The number of imidazole rings is 1. The van der Waals surface area contributed by atoms with Crippen molar-refractivity contribution in [3.8, 4) is 0 Å². The minimum Gasteiger partial charge on any atom is -0.340 e. The van der Waals surface area contributed by atoms with Gasteiger partial charge in [0.25, 0.3) is 0 Å². The Labute approximate surface area is 133 Å². The third-order valence-electron chi connectivity index (χ3n) is 4.55. The van der Waals surface area contributed by atoms with Crippen LogP contribution in [0, 0.1) is 0 Å². The fraction of sp³-hybridized carbons (Fsp3) is 0.211. The van der Waals surface area contributed by atoms with Crippen LogP contribution in [-0.4, -0.2) is 17.6 Å². The molecule has 0 saturated carbocycles. The molecule has 0 radical (unpaired) electrons. The van der Waals surface area contributed by atoms with E-state index in [1.165, 1.54) is 10.4 Å². The second kappa shape index (κ2) is 6.32. The predicted octanol–water partition coefficient (Wildman–Crippen LogP) is 3.10. The van der Waals surface area contributed by atoms with E-state index in [1.54, 1.807) is 0 Å². The van der Waals surface area contributed by atoms with Crippen LogP contribution in [0.3, 0.4) is 0 Å². The van der Waals surface area contributed by atoms with Gasteiger partial charge in [-0.25, -0.2) is 4.98 Å². The van der Waals surface area contributed by atoms with Crippen molar-refractivity contribution in [1.29, 1.82) is 0 Å². The van der Waals surface area contributed by atoms with Gasteiger partial charge in [0.1, 0.15) is 8.07 Å². The molecule has 0 aliphatic rings. The molecule has 1 heterocycles. The van der Waals surface area contributed by atoms with Crippen LogP contribution >= 0.6 is 0 Å². The molecule has 0 aliphatic heterocycles. The summed E-state index contributed by atoms with van der Waals surface area (Å²) < 4.78 is 2.24. The average molecular weight is 306 g/mol. The third-order valence-corrected chi connectivity index (χ3v) is 10.1. The first-order chi connectivity index (χ1) is 10.7. The summed E-state index contributed by atoms with van der Waals surface area (Å²) in [5.41, 5.74) is 0.597. The monoisotopic (exact) mass is 306 g/mol. The van der Waals surface area contributed by atoms with Crippen molar-refractivity contribution in [2.45, 2.75) is 25.6 Å². The van der Waals surface area contributed by atoms with Crippen molar-refractivity contribution in [3.63, 3.8) is 0 Å². The lowest BCUT2D eigenvalue weighted by Gasteiger charge is -2.37. The summed E-state index contributed by atoms with van der Waals surface area (Å²) in [6, 6.07) is 22.1. The third kappa shape index (κ3) is 2.64. The van der Waals surface area contributed by atoms with Crippen molar-refractivity contribution in [3.05, 3.63) is 79.4 Å². The van der Waals surface area contributed by atoms with Gasteiger partial charge in [0.2, 0.25) is 0 Å². The van der Waals surface area contributed by atoms with Crippen molar-refractivity contribution in [2.24, 2.45) is 0 Å². The predicted molar refractivity (Wildman–Crippen MR) is 95.2 cm³/mol. The van der Waals surface area contributed by atoms with E-state index in [0.29, 0.717) is 5.54 Å². The summed E-state index contributed by atoms with van der Waals surface area (Å²) in [4.78, 5) is 4.24. The zero-order valence-corrected chi connectivity index (χ0v) is 14.2. The summed E-state index contributed by atoms with van der Waals surface area (Å²) in [7, 11) is -1.91. The Kier molecular flexibility index (Phi) is 4.25. The molecule has 2 aromatic carbocycles. The van der Waals surface area contributed by atoms with Crippen LogP contribution in [0.2, 0.25) is 5.54 Å². The lowest BCUT2D eigenvalue weighted by atomic mass is 10.4. The van der Waals surface area contributed by atoms with Crippen LogP contribution in [0.4, 0.5) is 0 Å². The summed E-state index contributed by atoms with van der Waals surface area (Å²) in [6.45, 7) is 4.73. The lowest BCUT2D eigenvalue weighted by molar-refractivity contribution is 0.829. The molecular formula is C19H22N2Si. The first kappa shape index (κ1) is 14.8. The van der Waals surface area contributed by atoms with E-state index in [-0.39, 0.29) is 0 Å². The van der Waals surface area contributed by atoms with Crippen molar-refractivity contribution in [2.75, 3.05) is 0 Å². The maximum atomic E-state index is 4.24. The van der Waals surface area contributed by atoms with E-state index in [4.69, 9.17) is 0 Å². The number of aromatic nitrogens is 2. The topological polar surface area (TPSA) is 17.8 Å². The molecule has 0 amide bonds. The van der Waals surface area contributed by atoms with E-state index >= 15 is 0 Å². The Morgan fingerprint density at radius 3 is 1.86 bits per heavy atom. The van der Waals surface area contributed by atoms with E-state index in [2.05, 4.69) is 90.3 Å². The Morgan fingerprint density at radius 2 is 1.45 bits per heavy atom. The first-order valence-electron chi connectivity index (χ1n) is 7.80. The average Bonchev–Trinajstić information content (AvgIpc) is 3.07. The Morgan fingerprint density at radius 1 is 0.909 bits per heavy atom. The fourth-order valence-electron chi connectivity index (χ4n) is 3.34. The number of benzene rings is 2. The molecule has 0 fully saturated rings. The fourth-order valence-corrected chi connectivity index (χ4v) is 8.07. The normalized spacial score (nSPS) is 11.8. The molecule has 3 heteroatoms. The Balaban J connectivity index is 2.19. The van der Waals surface area contributed by atoms with Crippen molar-refractivity contribution in [1.82, 2.24) is 9.55 Å². The van der Waals surface area contributed by atoms with Gasteiger partial charge in [0, 0.05) is 18.6 Å². The van der Waals surface area contributed by atoms with Gasteiger partial charge in [-0.3, -0.25) is 0 Å². The molecule has 0 bridgehead atoms. The smallest absolute Gasteiger partial charge is 0.140 e. The molecule has 3 rings (SSSR count). The zero-order chi connectivity index (χ0) is 15.4. The molecule has 3 aromatic rings. The maximum Gasteiger partial charge on any atom is 0.140 e. The molecular weight excluding hydrogens is 284 g/mol. The van der Waals surface area contributed by atoms with Gasteiger partial charge in [-0.05, 0) is 5.54 Å². The first-order valence-corrected chi connectivity index (χ1v) is 10.1. The molecule has 22 heavy (non-hydrogen) atoms. The molecule has 0 spiro atoms. The SMILES string of the molecule is CC(C)[Si](Cn1ccnc1)(c1ccccc1)c1ccccc1. The number of nitrogens with zero attached hydrogens (tertiary/aromatic N) is 2. The largest absolute Gasteiger partial charge is 0.340 e. The van der Waals surface area contributed by atoms with Crippen LogP contribution in [0.25, 0.3) is 0 Å². The Bertz CT molecular complexity index is 651. The highest BCUT2D eigenvalue weighted by molar-refractivity contribution is 7.02. The second-order valence-corrected chi connectivity index (χ2v) is 10.7. The number of rotatable bonds is 5. The van der Waals surface area contributed by atoms with Crippen LogP contribution in [0.15, 0.2) is 79.4 Å². The van der Waals surface area contributed by atoms with Crippen molar-refractivity contribution >= 4 is 18.4 Å². The highest BCUT2D eigenvalue weighted by atomic mass is 28.3. The highest BCUT2D eigenvalue weighted by Gasteiger charge is 2.40. The summed E-state index contributed by atoms with van der Waals surface area (Å²) in [6.07, 6.45) is 6.92. The van der Waals surface area contributed by atoms with Gasteiger partial charge in [-0.1, -0.05) is 84.9 Å². The minimum atomic E-state index is -1.91. The molecule has 2 nitrogen and oxygen atoms in total. The molecule has 0 N–H and O–H groups in total. The standard InChI is InChI=1S/C19H22N2Si/c1-17(2)22(16-21-14-13-20-15-21,18-9-5-3-6-10-18)19-11-7-4-8-12-19/h3-15,17H,16H2,1-2H3. The zero-order valence-electron chi connectivity index (χ0n) is 13.2. The van der Waals surface area contributed by atoms with E-state index in [0.717, 1.165) is 6.17 Å². The maximum absolute atomic E-state index is 4.24. The van der Waals surface area contributed by atoms with Crippen LogP contribution in [0.5, 0.6) is 0 Å². The molecule has 0 aliphatic carbocycles. The van der Waals surface area contributed by atoms with Crippen LogP contribution < -0.4 is 10.4 Å². The van der Waals surface area contributed by atoms with Gasteiger partial charge in [0.05, 0.1) is 6.33 Å². The molecule has 0 atom stereocenters. The summed E-state index contributed by atoms with van der Waals surface area (Å²) >= 11 is 0. The second-order valence-electron chi connectivity index (χ2n) is 6.09. The number of hydrogen-bond donors (Lipinski definition) is 0. The summed E-state index contributed by atoms with van der Waals surface area (Å²) in [5.74, 6) is 0. The van der Waals surface area contributed by atoms with Gasteiger partial charge >= 0.3 is 0 Å². The molecule has 1 aromatic heterocycles. The van der Waals surface area contributed by atoms with Crippen LogP contribution in [-0.2, 0) is 6.17 Å². The highest BCUT2D eigenvalue weighted by Crippen LogP contribution is 2.23. The van der Waals surface area contributed by atoms with Crippen molar-refractivity contribution < 1.29 is 0 Å². The molecule has 112 valence electrons.